The number of nitrogens with zero attached hydrogens (tertiary/aromatic N) is 3. The molecule has 2 amide bonds. The number of hydrogen-bond acceptors (Lipinski definition) is 6. The Hall–Kier alpha value is -3.72. The van der Waals surface area contributed by atoms with E-state index in [1.54, 1.807) is 17.0 Å². The number of fused-ring (bicyclic) bond motifs is 1. The van der Waals surface area contributed by atoms with Gasteiger partial charge in [0.1, 0.15) is 17.8 Å². The molecular formula is C28H30FN3O5. The van der Waals surface area contributed by atoms with Crippen molar-refractivity contribution in [3.05, 3.63) is 82.8 Å². The Labute approximate surface area is 215 Å². The van der Waals surface area contributed by atoms with Crippen molar-refractivity contribution in [2.75, 3.05) is 32.8 Å². The van der Waals surface area contributed by atoms with E-state index >= 15 is 0 Å². The zero-order chi connectivity index (χ0) is 25.9. The van der Waals surface area contributed by atoms with Crippen molar-refractivity contribution in [3.8, 4) is 5.75 Å². The van der Waals surface area contributed by atoms with E-state index in [2.05, 4.69) is 4.98 Å². The predicted octanol–water partition coefficient (Wildman–Crippen LogP) is 4.00. The first-order valence-corrected chi connectivity index (χ1v) is 12.5. The van der Waals surface area contributed by atoms with Crippen LogP contribution in [-0.2, 0) is 22.6 Å². The Morgan fingerprint density at radius 2 is 1.86 bits per heavy atom. The van der Waals surface area contributed by atoms with E-state index in [4.69, 9.17) is 13.9 Å². The van der Waals surface area contributed by atoms with Crippen molar-refractivity contribution in [3.63, 3.8) is 0 Å². The van der Waals surface area contributed by atoms with Crippen LogP contribution in [0.25, 0.3) is 0 Å². The lowest BCUT2D eigenvalue weighted by Gasteiger charge is -2.39. The molecule has 1 aromatic heterocycles. The van der Waals surface area contributed by atoms with Crippen LogP contribution >= 0.6 is 0 Å². The Morgan fingerprint density at radius 3 is 2.59 bits per heavy atom. The highest BCUT2D eigenvalue weighted by Gasteiger charge is 2.33. The molecule has 194 valence electrons. The highest BCUT2D eigenvalue weighted by Crippen LogP contribution is 2.38. The van der Waals surface area contributed by atoms with Crippen LogP contribution < -0.4 is 4.74 Å². The molecular weight excluding hydrogens is 477 g/mol. The number of hydrogen-bond donors (Lipinski definition) is 0. The van der Waals surface area contributed by atoms with Crippen molar-refractivity contribution in [2.45, 2.75) is 32.9 Å². The van der Waals surface area contributed by atoms with Gasteiger partial charge < -0.3 is 23.7 Å². The third kappa shape index (κ3) is 5.36. The molecule has 0 spiro atoms. The van der Waals surface area contributed by atoms with Gasteiger partial charge in [-0.05, 0) is 47.4 Å². The van der Waals surface area contributed by atoms with Gasteiger partial charge in [0.15, 0.2) is 12.3 Å². The predicted molar refractivity (Wildman–Crippen MR) is 132 cm³/mol. The number of aromatic nitrogens is 1. The van der Waals surface area contributed by atoms with Gasteiger partial charge >= 0.3 is 0 Å². The molecule has 1 atom stereocenters. The van der Waals surface area contributed by atoms with Crippen LogP contribution in [0.5, 0.6) is 5.75 Å². The second-order valence-corrected chi connectivity index (χ2v) is 9.57. The van der Waals surface area contributed by atoms with Gasteiger partial charge in [0.2, 0.25) is 11.8 Å². The number of carbonyl (C=O) groups excluding carboxylic acids is 2. The molecule has 2 aromatic carbocycles. The molecule has 2 aliphatic heterocycles. The van der Waals surface area contributed by atoms with Crippen LogP contribution in [0.2, 0.25) is 0 Å². The summed E-state index contributed by atoms with van der Waals surface area (Å²) in [5, 5.41) is 0. The van der Waals surface area contributed by atoms with Crippen molar-refractivity contribution in [2.24, 2.45) is 5.92 Å². The van der Waals surface area contributed by atoms with E-state index in [1.807, 2.05) is 36.9 Å². The van der Waals surface area contributed by atoms with Gasteiger partial charge in [-0.1, -0.05) is 32.0 Å². The fourth-order valence-corrected chi connectivity index (χ4v) is 4.81. The molecule has 1 fully saturated rings. The minimum Gasteiger partial charge on any atom is -0.484 e. The minimum atomic E-state index is -0.345. The molecule has 3 aromatic rings. The quantitative estimate of drug-likeness (QED) is 0.502. The van der Waals surface area contributed by atoms with Crippen molar-refractivity contribution in [1.82, 2.24) is 14.8 Å². The summed E-state index contributed by atoms with van der Waals surface area (Å²) in [5.41, 5.74) is 3.14. The number of carbonyl (C=O) groups is 2. The zero-order valence-electron chi connectivity index (χ0n) is 21.0. The maximum atomic E-state index is 13.7. The first kappa shape index (κ1) is 25.0. The van der Waals surface area contributed by atoms with Gasteiger partial charge in [-0.15, -0.1) is 0 Å². The fraction of sp³-hybridized carbons (Fsp3) is 0.393. The first-order valence-electron chi connectivity index (χ1n) is 12.5. The maximum Gasteiger partial charge on any atom is 0.275 e. The maximum absolute atomic E-state index is 13.7. The fourth-order valence-electron chi connectivity index (χ4n) is 4.81. The van der Waals surface area contributed by atoms with Gasteiger partial charge in [-0.25, -0.2) is 9.37 Å². The molecule has 8 nitrogen and oxygen atoms in total. The third-order valence-corrected chi connectivity index (χ3v) is 6.74. The SMILES string of the molecule is CC(C)C(=O)N1CCc2ccc(OCc3nc(C(=O)N4CCOCC4)co3)cc2C1c1ccc(F)cc1. The zero-order valence-corrected chi connectivity index (χ0v) is 21.0. The van der Waals surface area contributed by atoms with E-state index in [9.17, 15) is 14.0 Å². The number of ether oxygens (including phenoxy) is 2. The molecule has 9 heteroatoms. The summed E-state index contributed by atoms with van der Waals surface area (Å²) in [5.74, 6) is 0.247. The molecule has 5 rings (SSSR count). The second kappa shape index (κ2) is 10.7. The van der Waals surface area contributed by atoms with Gasteiger partial charge in [0, 0.05) is 25.6 Å². The van der Waals surface area contributed by atoms with Gasteiger partial charge in [0.25, 0.3) is 5.91 Å². The van der Waals surface area contributed by atoms with Crippen LogP contribution in [0.4, 0.5) is 4.39 Å². The van der Waals surface area contributed by atoms with Gasteiger partial charge in [-0.2, -0.15) is 0 Å². The standard InChI is InChI=1S/C28H30FN3O5/c1-18(2)27(33)32-10-9-19-5-8-22(15-23(19)26(32)20-3-6-21(29)7-4-20)36-17-25-30-24(16-37-25)28(34)31-11-13-35-14-12-31/h3-8,15-16,18,26H,9-14,17H2,1-2H3. The van der Waals surface area contributed by atoms with Crippen molar-refractivity contribution >= 4 is 11.8 Å². The van der Waals surface area contributed by atoms with Crippen LogP contribution in [0.15, 0.2) is 53.1 Å². The summed E-state index contributed by atoms with van der Waals surface area (Å²) in [6.45, 7) is 6.47. The number of halogens is 1. The Kier molecular flexibility index (Phi) is 7.23. The number of oxazole rings is 1. The second-order valence-electron chi connectivity index (χ2n) is 9.57. The van der Waals surface area contributed by atoms with E-state index in [-0.39, 0.29) is 41.9 Å². The lowest BCUT2D eigenvalue weighted by molar-refractivity contribution is -0.136. The highest BCUT2D eigenvalue weighted by atomic mass is 19.1. The topological polar surface area (TPSA) is 85.1 Å². The molecule has 0 aliphatic carbocycles. The third-order valence-electron chi connectivity index (χ3n) is 6.74. The summed E-state index contributed by atoms with van der Waals surface area (Å²) in [4.78, 5) is 33.6. The Bertz CT molecular complexity index is 1270. The lowest BCUT2D eigenvalue weighted by atomic mass is 9.87. The van der Waals surface area contributed by atoms with Crippen LogP contribution in [0.3, 0.4) is 0 Å². The number of amides is 2. The Morgan fingerprint density at radius 1 is 1.11 bits per heavy atom. The molecule has 0 radical (unpaired) electrons. The summed E-state index contributed by atoms with van der Waals surface area (Å²) in [6.07, 6.45) is 2.07. The number of morpholine rings is 1. The molecule has 0 N–H and O–H groups in total. The summed E-state index contributed by atoms with van der Waals surface area (Å²) < 4.78 is 30.4. The molecule has 0 saturated carbocycles. The largest absolute Gasteiger partial charge is 0.484 e. The van der Waals surface area contributed by atoms with Crippen molar-refractivity contribution in [1.29, 1.82) is 0 Å². The molecule has 1 saturated heterocycles. The summed E-state index contributed by atoms with van der Waals surface area (Å²) >= 11 is 0. The smallest absolute Gasteiger partial charge is 0.275 e. The minimum absolute atomic E-state index is 0.0450. The molecule has 2 aliphatic rings. The molecule has 0 bridgehead atoms. The monoisotopic (exact) mass is 507 g/mol. The van der Waals surface area contributed by atoms with Crippen molar-refractivity contribution < 1.29 is 27.9 Å². The van der Waals surface area contributed by atoms with E-state index in [0.29, 0.717) is 44.5 Å². The molecule has 3 heterocycles. The lowest BCUT2D eigenvalue weighted by Crippen LogP contribution is -2.42. The Balaban J connectivity index is 1.36. The van der Waals surface area contributed by atoms with Gasteiger partial charge in [0.05, 0.1) is 19.3 Å². The average Bonchev–Trinajstić information content (AvgIpc) is 3.40. The van der Waals surface area contributed by atoms with E-state index in [1.165, 1.54) is 18.4 Å². The average molecular weight is 508 g/mol. The van der Waals surface area contributed by atoms with Crippen LogP contribution in [-0.4, -0.2) is 59.4 Å². The summed E-state index contributed by atoms with van der Waals surface area (Å²) in [7, 11) is 0. The first-order chi connectivity index (χ1) is 17.9. The van der Waals surface area contributed by atoms with Gasteiger partial charge in [-0.3, -0.25) is 9.59 Å². The molecule has 37 heavy (non-hydrogen) atoms. The normalized spacial score (nSPS) is 17.6. The van der Waals surface area contributed by atoms with Crippen LogP contribution in [0.1, 0.15) is 53.0 Å². The number of benzene rings is 2. The van der Waals surface area contributed by atoms with E-state index < -0.39 is 0 Å². The van der Waals surface area contributed by atoms with E-state index in [0.717, 1.165) is 23.1 Å². The molecule has 1 unspecified atom stereocenters. The number of rotatable bonds is 6. The highest BCUT2D eigenvalue weighted by molar-refractivity contribution is 5.92. The van der Waals surface area contributed by atoms with Crippen LogP contribution in [0, 0.1) is 11.7 Å². The summed E-state index contributed by atoms with van der Waals surface area (Å²) in [6, 6.07) is 11.7.